The number of carbonyl (C=O) groups is 1. The van der Waals surface area contributed by atoms with Crippen LogP contribution in [0.1, 0.15) is 19.3 Å². The highest BCUT2D eigenvalue weighted by Gasteiger charge is 2.22. The number of anilines is 1. The first kappa shape index (κ1) is 19.3. The molecule has 0 spiro atoms. The van der Waals surface area contributed by atoms with E-state index in [1.54, 1.807) is 48.8 Å². The first-order valence-electron chi connectivity index (χ1n) is 9.11. The minimum absolute atomic E-state index is 0.0199. The molecule has 1 aliphatic heterocycles. The van der Waals surface area contributed by atoms with Crippen molar-refractivity contribution in [3.05, 3.63) is 48.8 Å². The lowest BCUT2D eigenvalue weighted by atomic mass is 9.97. The molecule has 8 heteroatoms. The van der Waals surface area contributed by atoms with Gasteiger partial charge in [-0.25, -0.2) is 18.4 Å². The van der Waals surface area contributed by atoms with Crippen molar-refractivity contribution in [1.29, 1.82) is 0 Å². The van der Waals surface area contributed by atoms with Crippen LogP contribution in [0.3, 0.4) is 0 Å². The van der Waals surface area contributed by atoms with Crippen LogP contribution in [0.5, 0.6) is 0 Å². The number of carbonyl (C=O) groups excluding carboxylic acids is 1. The van der Waals surface area contributed by atoms with E-state index in [1.807, 2.05) is 0 Å². The maximum absolute atomic E-state index is 12.2. The number of nitrogens with one attached hydrogen (secondary N) is 1. The summed E-state index contributed by atoms with van der Waals surface area (Å²) in [6.45, 7) is 2.29. The molecule has 1 aliphatic rings. The molecule has 0 atom stereocenters. The molecule has 27 heavy (non-hydrogen) atoms. The van der Waals surface area contributed by atoms with E-state index >= 15 is 0 Å². The van der Waals surface area contributed by atoms with Gasteiger partial charge in [0.05, 0.1) is 10.6 Å². The fourth-order valence-corrected chi connectivity index (χ4v) is 4.37. The molecule has 1 N–H and O–H groups in total. The molecule has 2 aromatic rings. The number of nitrogens with zero attached hydrogens (tertiary/aromatic N) is 3. The lowest BCUT2D eigenvalue weighted by Gasteiger charge is -2.31. The van der Waals surface area contributed by atoms with Crippen LogP contribution in [0.25, 0.3) is 0 Å². The molecule has 0 bridgehead atoms. The summed E-state index contributed by atoms with van der Waals surface area (Å²) >= 11 is 0. The van der Waals surface area contributed by atoms with Gasteiger partial charge < -0.3 is 10.2 Å². The molecule has 0 unspecified atom stereocenters. The summed E-state index contributed by atoms with van der Waals surface area (Å²) in [6, 6.07) is 10.0. The standard InChI is InChI=1S/C19H24N4O3S/c24-18(9-14-27(25,26)17-5-2-1-3-6-17)22-15-16-7-12-23(13-8-16)19-20-10-4-11-21-19/h1-6,10-11,16H,7-9,12-15H2,(H,22,24). The van der Waals surface area contributed by atoms with Crippen LogP contribution in [-0.2, 0) is 14.6 Å². The van der Waals surface area contributed by atoms with Gasteiger partial charge in [-0.1, -0.05) is 18.2 Å². The van der Waals surface area contributed by atoms with Gasteiger partial charge in [0.25, 0.3) is 0 Å². The quantitative estimate of drug-likeness (QED) is 0.776. The SMILES string of the molecule is O=C(CCS(=O)(=O)c1ccccc1)NCC1CCN(c2ncccn2)CC1. The van der Waals surface area contributed by atoms with Crippen LogP contribution in [0.15, 0.2) is 53.7 Å². The molecule has 7 nitrogen and oxygen atoms in total. The molecule has 2 heterocycles. The van der Waals surface area contributed by atoms with E-state index in [-0.39, 0.29) is 23.0 Å². The Morgan fingerprint density at radius 1 is 1.07 bits per heavy atom. The molecule has 0 radical (unpaired) electrons. The zero-order chi connectivity index (χ0) is 19.1. The summed E-state index contributed by atoms with van der Waals surface area (Å²) in [7, 11) is -3.42. The molecule has 0 aliphatic carbocycles. The minimum Gasteiger partial charge on any atom is -0.356 e. The molecular weight excluding hydrogens is 364 g/mol. The number of benzene rings is 1. The lowest BCUT2D eigenvalue weighted by Crippen LogP contribution is -2.39. The van der Waals surface area contributed by atoms with E-state index < -0.39 is 9.84 Å². The summed E-state index contributed by atoms with van der Waals surface area (Å²) in [5.74, 6) is 0.737. The van der Waals surface area contributed by atoms with Crippen molar-refractivity contribution in [3.8, 4) is 0 Å². The molecule has 144 valence electrons. The lowest BCUT2D eigenvalue weighted by molar-refractivity contribution is -0.120. The maximum Gasteiger partial charge on any atom is 0.225 e. The summed E-state index contributed by atoms with van der Waals surface area (Å²) in [6.07, 6.45) is 5.34. The average Bonchev–Trinajstić information content (AvgIpc) is 2.72. The Hall–Kier alpha value is -2.48. The zero-order valence-electron chi connectivity index (χ0n) is 15.1. The third kappa shape index (κ3) is 5.50. The molecule has 0 saturated carbocycles. The van der Waals surface area contributed by atoms with Crippen molar-refractivity contribution in [1.82, 2.24) is 15.3 Å². The number of hydrogen-bond acceptors (Lipinski definition) is 6. The first-order chi connectivity index (χ1) is 13.0. The van der Waals surface area contributed by atoms with Crippen LogP contribution in [0.4, 0.5) is 5.95 Å². The van der Waals surface area contributed by atoms with E-state index in [4.69, 9.17) is 0 Å². The summed E-state index contributed by atoms with van der Waals surface area (Å²) in [5, 5.41) is 2.88. The summed E-state index contributed by atoms with van der Waals surface area (Å²) in [4.78, 5) is 23.0. The van der Waals surface area contributed by atoms with Gasteiger partial charge in [-0.2, -0.15) is 0 Å². The van der Waals surface area contributed by atoms with Crippen LogP contribution in [-0.4, -0.2) is 49.7 Å². The van der Waals surface area contributed by atoms with Gasteiger partial charge in [0.15, 0.2) is 9.84 Å². The van der Waals surface area contributed by atoms with Crippen molar-refractivity contribution in [2.24, 2.45) is 5.92 Å². The fraction of sp³-hybridized carbons (Fsp3) is 0.421. The smallest absolute Gasteiger partial charge is 0.225 e. The van der Waals surface area contributed by atoms with Gasteiger partial charge in [0.2, 0.25) is 11.9 Å². The average molecular weight is 388 g/mol. The second kappa shape index (κ2) is 8.94. The van der Waals surface area contributed by atoms with E-state index in [1.165, 1.54) is 0 Å². The topological polar surface area (TPSA) is 92.3 Å². The van der Waals surface area contributed by atoms with Crippen LogP contribution >= 0.6 is 0 Å². The highest BCUT2D eigenvalue weighted by molar-refractivity contribution is 7.91. The largest absolute Gasteiger partial charge is 0.356 e. The van der Waals surface area contributed by atoms with Gasteiger partial charge >= 0.3 is 0 Å². The number of rotatable bonds is 7. The fourth-order valence-electron chi connectivity index (χ4n) is 3.11. The predicted octanol–water partition coefficient (Wildman–Crippen LogP) is 1.67. The molecule has 3 rings (SSSR count). The van der Waals surface area contributed by atoms with Gasteiger partial charge in [-0.15, -0.1) is 0 Å². The Balaban J connectivity index is 1.39. The Bertz CT molecular complexity index is 836. The Labute approximate surface area is 159 Å². The number of aromatic nitrogens is 2. The highest BCUT2D eigenvalue weighted by atomic mass is 32.2. The molecule has 1 amide bonds. The zero-order valence-corrected chi connectivity index (χ0v) is 15.9. The molecule has 1 fully saturated rings. The molecule has 1 aromatic carbocycles. The third-order valence-corrected chi connectivity index (χ3v) is 6.47. The monoisotopic (exact) mass is 388 g/mol. The van der Waals surface area contributed by atoms with E-state index in [2.05, 4.69) is 20.2 Å². The van der Waals surface area contributed by atoms with E-state index in [0.29, 0.717) is 12.5 Å². The number of piperidine rings is 1. The highest BCUT2D eigenvalue weighted by Crippen LogP contribution is 2.19. The van der Waals surface area contributed by atoms with Crippen molar-refractivity contribution in [2.45, 2.75) is 24.2 Å². The minimum atomic E-state index is -3.42. The predicted molar refractivity (Wildman–Crippen MR) is 103 cm³/mol. The number of hydrogen-bond donors (Lipinski definition) is 1. The maximum atomic E-state index is 12.2. The van der Waals surface area contributed by atoms with Crippen molar-refractivity contribution in [2.75, 3.05) is 30.3 Å². The Morgan fingerprint density at radius 3 is 2.41 bits per heavy atom. The second-order valence-corrected chi connectivity index (χ2v) is 8.77. The summed E-state index contributed by atoms with van der Waals surface area (Å²) in [5.41, 5.74) is 0. The second-order valence-electron chi connectivity index (χ2n) is 6.67. The van der Waals surface area contributed by atoms with E-state index in [0.717, 1.165) is 31.9 Å². The summed E-state index contributed by atoms with van der Waals surface area (Å²) < 4.78 is 24.4. The molecular formula is C19H24N4O3S. The van der Waals surface area contributed by atoms with Crippen LogP contribution in [0, 0.1) is 5.92 Å². The third-order valence-electron chi connectivity index (χ3n) is 4.74. The molecule has 1 aromatic heterocycles. The van der Waals surface area contributed by atoms with E-state index in [9.17, 15) is 13.2 Å². The number of sulfone groups is 1. The van der Waals surface area contributed by atoms with Crippen LogP contribution < -0.4 is 10.2 Å². The Kier molecular flexibility index (Phi) is 6.39. The number of amides is 1. The van der Waals surface area contributed by atoms with Crippen molar-refractivity contribution in [3.63, 3.8) is 0 Å². The van der Waals surface area contributed by atoms with Gasteiger partial charge in [0.1, 0.15) is 0 Å². The van der Waals surface area contributed by atoms with Crippen molar-refractivity contribution < 1.29 is 13.2 Å². The Morgan fingerprint density at radius 2 is 1.74 bits per heavy atom. The van der Waals surface area contributed by atoms with Crippen LogP contribution in [0.2, 0.25) is 0 Å². The molecule has 1 saturated heterocycles. The normalized spacial score (nSPS) is 15.5. The van der Waals surface area contributed by atoms with Gasteiger partial charge in [-0.3, -0.25) is 4.79 Å². The van der Waals surface area contributed by atoms with Crippen molar-refractivity contribution >= 4 is 21.7 Å². The van der Waals surface area contributed by atoms with Gasteiger partial charge in [-0.05, 0) is 37.0 Å². The van der Waals surface area contributed by atoms with Gasteiger partial charge in [0, 0.05) is 38.4 Å². The first-order valence-corrected chi connectivity index (χ1v) is 10.8.